The van der Waals surface area contributed by atoms with Gasteiger partial charge in [0.1, 0.15) is 5.56 Å². The molecule has 1 N–H and O–H groups in total. The van der Waals surface area contributed by atoms with Crippen molar-refractivity contribution in [3.63, 3.8) is 0 Å². The van der Waals surface area contributed by atoms with Crippen LogP contribution in [0.25, 0.3) is 11.1 Å². The molecule has 0 amide bonds. The molecule has 2 aromatic carbocycles. The third-order valence-corrected chi connectivity index (χ3v) is 3.45. The summed E-state index contributed by atoms with van der Waals surface area (Å²) in [5, 5.41) is 20.1. The molecule has 0 saturated carbocycles. The maximum atomic E-state index is 11.5. The highest BCUT2D eigenvalue weighted by atomic mass is 35.5. The second kappa shape index (κ2) is 6.45. The van der Waals surface area contributed by atoms with Crippen LogP contribution in [0, 0.1) is 10.1 Å². The fourth-order valence-electron chi connectivity index (χ4n) is 2.01. The molecule has 0 aliphatic rings. The van der Waals surface area contributed by atoms with Crippen molar-refractivity contribution in [3.05, 3.63) is 62.7 Å². The molecule has 8 heteroatoms. The number of hydrogen-bond donors (Lipinski definition) is 1. The van der Waals surface area contributed by atoms with Crippen LogP contribution in [0.15, 0.2) is 36.4 Å². The molecule has 0 radical (unpaired) electrons. The Kier molecular flexibility index (Phi) is 4.61. The first-order valence-electron chi connectivity index (χ1n) is 6.25. The minimum Gasteiger partial charge on any atom is -0.477 e. The van der Waals surface area contributed by atoms with Gasteiger partial charge >= 0.3 is 11.9 Å². The molecule has 23 heavy (non-hydrogen) atoms. The normalized spacial score (nSPS) is 10.2. The van der Waals surface area contributed by atoms with E-state index >= 15 is 0 Å². The maximum absolute atomic E-state index is 11.5. The van der Waals surface area contributed by atoms with E-state index < -0.39 is 28.1 Å². The van der Waals surface area contributed by atoms with Crippen LogP contribution in [0.5, 0.6) is 0 Å². The van der Waals surface area contributed by atoms with Gasteiger partial charge in [0, 0.05) is 6.07 Å². The van der Waals surface area contributed by atoms with E-state index in [0.29, 0.717) is 11.1 Å². The standard InChI is InChI=1S/C15H10ClNO6/c1-23-15(20)10-4-2-8(6-12(10)16)9-3-5-11(14(18)19)13(7-9)17(21)22/h2-7H,1H3,(H,18,19). The Morgan fingerprint density at radius 1 is 1.13 bits per heavy atom. The third-order valence-electron chi connectivity index (χ3n) is 3.13. The van der Waals surface area contributed by atoms with Gasteiger partial charge in [-0.05, 0) is 29.3 Å². The summed E-state index contributed by atoms with van der Waals surface area (Å²) in [6.45, 7) is 0. The van der Waals surface area contributed by atoms with E-state index in [1.54, 1.807) is 0 Å². The van der Waals surface area contributed by atoms with Crippen LogP contribution in [-0.2, 0) is 4.74 Å². The number of carboxylic acids is 1. The van der Waals surface area contributed by atoms with Crippen molar-refractivity contribution in [1.82, 2.24) is 0 Å². The van der Waals surface area contributed by atoms with E-state index in [1.807, 2.05) is 0 Å². The lowest BCUT2D eigenvalue weighted by atomic mass is 10.0. The number of halogens is 1. The van der Waals surface area contributed by atoms with Gasteiger partial charge in [-0.1, -0.05) is 23.7 Å². The van der Waals surface area contributed by atoms with Crippen molar-refractivity contribution < 1.29 is 24.4 Å². The fraction of sp³-hybridized carbons (Fsp3) is 0.0667. The number of rotatable bonds is 4. The van der Waals surface area contributed by atoms with Gasteiger partial charge in [0.05, 0.1) is 22.6 Å². The van der Waals surface area contributed by atoms with E-state index in [2.05, 4.69) is 4.74 Å². The van der Waals surface area contributed by atoms with E-state index in [9.17, 15) is 19.7 Å². The number of nitro benzene ring substituents is 1. The number of carboxylic acid groups (broad SMARTS) is 1. The monoisotopic (exact) mass is 335 g/mol. The van der Waals surface area contributed by atoms with Gasteiger partial charge in [0.2, 0.25) is 0 Å². The molecular formula is C15H10ClNO6. The maximum Gasteiger partial charge on any atom is 0.342 e. The van der Waals surface area contributed by atoms with Crippen molar-refractivity contribution in [1.29, 1.82) is 0 Å². The zero-order chi connectivity index (χ0) is 17.1. The number of methoxy groups -OCH3 is 1. The Morgan fingerprint density at radius 3 is 2.17 bits per heavy atom. The zero-order valence-corrected chi connectivity index (χ0v) is 12.5. The molecule has 2 rings (SSSR count). The van der Waals surface area contributed by atoms with Crippen molar-refractivity contribution >= 4 is 29.2 Å². The minimum atomic E-state index is -1.39. The summed E-state index contributed by atoms with van der Waals surface area (Å²) >= 11 is 6.01. The Hall–Kier alpha value is -2.93. The number of aromatic carboxylic acids is 1. The number of carbonyl (C=O) groups is 2. The summed E-state index contributed by atoms with van der Waals surface area (Å²) in [4.78, 5) is 32.7. The molecule has 0 spiro atoms. The van der Waals surface area contributed by atoms with Crippen LogP contribution in [0.4, 0.5) is 5.69 Å². The Balaban J connectivity index is 2.53. The first kappa shape index (κ1) is 16.4. The number of hydrogen-bond acceptors (Lipinski definition) is 5. The lowest BCUT2D eigenvalue weighted by molar-refractivity contribution is -0.385. The van der Waals surface area contributed by atoms with Crippen LogP contribution < -0.4 is 0 Å². The molecule has 0 atom stereocenters. The minimum absolute atomic E-state index is 0.124. The largest absolute Gasteiger partial charge is 0.477 e. The summed E-state index contributed by atoms with van der Waals surface area (Å²) < 4.78 is 4.58. The number of benzene rings is 2. The van der Waals surface area contributed by atoms with E-state index in [0.717, 1.165) is 12.1 Å². The summed E-state index contributed by atoms with van der Waals surface area (Å²) in [6, 6.07) is 8.15. The predicted molar refractivity (Wildman–Crippen MR) is 81.8 cm³/mol. The Labute approximate surface area is 135 Å². The summed E-state index contributed by atoms with van der Waals surface area (Å²) in [5.41, 5.74) is 0.136. The van der Waals surface area contributed by atoms with E-state index in [-0.39, 0.29) is 10.6 Å². The predicted octanol–water partition coefficient (Wildman–Crippen LogP) is 3.40. The molecule has 2 aromatic rings. The molecule has 7 nitrogen and oxygen atoms in total. The van der Waals surface area contributed by atoms with Gasteiger partial charge in [-0.2, -0.15) is 0 Å². The number of esters is 1. The second-order valence-electron chi connectivity index (χ2n) is 4.48. The lowest BCUT2D eigenvalue weighted by Crippen LogP contribution is -2.03. The Bertz CT molecular complexity index is 818. The second-order valence-corrected chi connectivity index (χ2v) is 4.89. The van der Waals surface area contributed by atoms with Crippen molar-refractivity contribution in [3.8, 4) is 11.1 Å². The molecule has 0 aliphatic carbocycles. The van der Waals surface area contributed by atoms with Crippen molar-refractivity contribution in [2.24, 2.45) is 0 Å². The topological polar surface area (TPSA) is 107 Å². The smallest absolute Gasteiger partial charge is 0.342 e. The summed E-state index contributed by atoms with van der Waals surface area (Å²) in [6.07, 6.45) is 0. The summed E-state index contributed by atoms with van der Waals surface area (Å²) in [5.74, 6) is -1.99. The number of ether oxygens (including phenoxy) is 1. The van der Waals surface area contributed by atoms with Crippen LogP contribution in [0.1, 0.15) is 20.7 Å². The van der Waals surface area contributed by atoms with Gasteiger partial charge in [-0.3, -0.25) is 10.1 Å². The molecule has 0 saturated heterocycles. The van der Waals surface area contributed by atoms with E-state index in [1.165, 1.54) is 31.4 Å². The first-order valence-corrected chi connectivity index (χ1v) is 6.63. The zero-order valence-electron chi connectivity index (χ0n) is 11.8. The van der Waals surface area contributed by atoms with Gasteiger partial charge in [-0.25, -0.2) is 9.59 Å². The summed E-state index contributed by atoms with van der Waals surface area (Å²) in [7, 11) is 1.22. The number of carbonyl (C=O) groups excluding carboxylic acids is 1. The number of nitro groups is 1. The first-order chi connectivity index (χ1) is 10.8. The molecule has 0 bridgehead atoms. The third kappa shape index (κ3) is 3.29. The van der Waals surface area contributed by atoms with E-state index in [4.69, 9.17) is 16.7 Å². The Morgan fingerprint density at radius 2 is 1.70 bits per heavy atom. The highest BCUT2D eigenvalue weighted by Gasteiger charge is 2.21. The molecule has 118 valence electrons. The molecule has 0 fully saturated rings. The average Bonchev–Trinajstić information content (AvgIpc) is 2.53. The van der Waals surface area contributed by atoms with Crippen LogP contribution in [-0.4, -0.2) is 29.1 Å². The quantitative estimate of drug-likeness (QED) is 0.521. The van der Waals surface area contributed by atoms with Crippen molar-refractivity contribution in [2.75, 3.05) is 7.11 Å². The van der Waals surface area contributed by atoms with Crippen LogP contribution in [0.3, 0.4) is 0 Å². The molecular weight excluding hydrogens is 326 g/mol. The van der Waals surface area contributed by atoms with Gasteiger partial charge in [0.25, 0.3) is 5.69 Å². The van der Waals surface area contributed by atoms with Crippen molar-refractivity contribution in [2.45, 2.75) is 0 Å². The van der Waals surface area contributed by atoms with Gasteiger partial charge in [0.15, 0.2) is 0 Å². The van der Waals surface area contributed by atoms with Crippen LogP contribution in [0.2, 0.25) is 5.02 Å². The highest BCUT2D eigenvalue weighted by molar-refractivity contribution is 6.33. The van der Waals surface area contributed by atoms with Gasteiger partial charge in [-0.15, -0.1) is 0 Å². The number of nitrogens with zero attached hydrogens (tertiary/aromatic N) is 1. The molecule has 0 heterocycles. The lowest BCUT2D eigenvalue weighted by Gasteiger charge is -2.07. The SMILES string of the molecule is COC(=O)c1ccc(-c2ccc(C(=O)O)c([N+](=O)[O-])c2)cc1Cl. The molecule has 0 aromatic heterocycles. The fourth-order valence-corrected chi connectivity index (χ4v) is 2.27. The average molecular weight is 336 g/mol. The molecule has 0 unspecified atom stereocenters. The van der Waals surface area contributed by atoms with Crippen LogP contribution >= 0.6 is 11.6 Å². The highest BCUT2D eigenvalue weighted by Crippen LogP contribution is 2.30. The molecule has 0 aliphatic heterocycles. The van der Waals surface area contributed by atoms with Gasteiger partial charge < -0.3 is 9.84 Å².